The first-order valence-electron chi connectivity index (χ1n) is 12.3. The number of carbonyl (C=O) groups is 2. The maximum Gasteiger partial charge on any atom is 0.290 e. The zero-order chi connectivity index (χ0) is 28.9. The van der Waals surface area contributed by atoms with Gasteiger partial charge in [0.05, 0.1) is 11.3 Å². The predicted octanol–water partition coefficient (Wildman–Crippen LogP) is 2.39. The Hall–Kier alpha value is -5.20. The van der Waals surface area contributed by atoms with Crippen LogP contribution in [0.5, 0.6) is 0 Å². The number of hydrogen-bond donors (Lipinski definition) is 3. The van der Waals surface area contributed by atoms with Gasteiger partial charge in [-0.2, -0.15) is 5.10 Å². The van der Waals surface area contributed by atoms with E-state index in [1.807, 2.05) is 38.1 Å². The molecular weight excluding hydrogens is 510 g/mol. The zero-order valence-electron chi connectivity index (χ0n) is 22.1. The summed E-state index contributed by atoms with van der Waals surface area (Å²) in [5.41, 5.74) is 2.20. The molecule has 204 valence electrons. The summed E-state index contributed by atoms with van der Waals surface area (Å²) >= 11 is 0. The highest BCUT2D eigenvalue weighted by atomic mass is 16.2. The smallest absolute Gasteiger partial charge is 0.290 e. The van der Waals surface area contributed by atoms with Crippen LogP contribution in [0.3, 0.4) is 0 Å². The summed E-state index contributed by atoms with van der Waals surface area (Å²) in [7, 11) is 0. The summed E-state index contributed by atoms with van der Waals surface area (Å²) in [5.74, 6) is 7.47. The van der Waals surface area contributed by atoms with Gasteiger partial charge < -0.3 is 4.90 Å². The number of nitrogens with zero attached hydrogens (tertiary/aromatic N) is 6. The molecule has 0 saturated carbocycles. The van der Waals surface area contributed by atoms with E-state index in [0.29, 0.717) is 41.1 Å². The van der Waals surface area contributed by atoms with Crippen LogP contribution in [-0.2, 0) is 0 Å². The third kappa shape index (κ3) is 6.81. The third-order valence-corrected chi connectivity index (χ3v) is 5.66. The van der Waals surface area contributed by atoms with Crippen molar-refractivity contribution in [3.63, 3.8) is 0 Å². The van der Waals surface area contributed by atoms with Gasteiger partial charge in [0.25, 0.3) is 11.5 Å². The van der Waals surface area contributed by atoms with Crippen molar-refractivity contribution in [1.29, 1.82) is 0 Å². The summed E-state index contributed by atoms with van der Waals surface area (Å²) in [6.45, 7) is 4.93. The second-order valence-electron chi connectivity index (χ2n) is 7.94. The Morgan fingerprint density at radius 3 is 2.10 bits per heavy atom. The average molecular weight is 540 g/mol. The van der Waals surface area contributed by atoms with Crippen LogP contribution >= 0.6 is 0 Å². The average Bonchev–Trinajstić information content (AvgIpc) is 3.04. The van der Waals surface area contributed by atoms with Crippen LogP contribution in [0, 0.1) is 0 Å². The summed E-state index contributed by atoms with van der Waals surface area (Å²) in [4.78, 5) is 54.6. The van der Waals surface area contributed by atoms with Gasteiger partial charge in [0.15, 0.2) is 0 Å². The van der Waals surface area contributed by atoms with E-state index in [9.17, 15) is 14.4 Å². The van der Waals surface area contributed by atoms with Crippen molar-refractivity contribution in [2.75, 3.05) is 13.1 Å². The van der Waals surface area contributed by atoms with Crippen LogP contribution < -0.4 is 17.2 Å². The minimum Gasteiger partial charge on any atom is -0.338 e. The fourth-order valence-corrected chi connectivity index (χ4v) is 3.75. The molecule has 0 spiro atoms. The Bertz CT molecular complexity index is 1610. The van der Waals surface area contributed by atoms with Crippen molar-refractivity contribution < 1.29 is 9.59 Å². The molecule has 12 heteroatoms. The number of amides is 1. The Labute approximate surface area is 230 Å². The molecule has 5 aromatic heterocycles. The molecule has 0 fully saturated rings. The van der Waals surface area contributed by atoms with Crippen molar-refractivity contribution in [3.05, 3.63) is 113 Å². The van der Waals surface area contributed by atoms with Crippen LogP contribution in [0.15, 0.2) is 90.2 Å². The van der Waals surface area contributed by atoms with E-state index in [-0.39, 0.29) is 28.5 Å². The van der Waals surface area contributed by atoms with Crippen molar-refractivity contribution in [1.82, 2.24) is 35.0 Å². The normalized spacial score (nSPS) is 10.0. The monoisotopic (exact) mass is 539 g/mol. The lowest BCUT2D eigenvalue weighted by Gasteiger charge is -2.19. The molecule has 0 saturated heterocycles. The molecule has 0 radical (unpaired) electrons. The topological polar surface area (TPSA) is 187 Å². The third-order valence-electron chi connectivity index (χ3n) is 5.66. The van der Waals surface area contributed by atoms with Gasteiger partial charge in [-0.15, -0.1) is 0 Å². The maximum absolute atomic E-state index is 12.5. The molecule has 0 unspecified atom stereocenters. The lowest BCUT2D eigenvalue weighted by atomic mass is 10.0. The Kier molecular flexibility index (Phi) is 10.8. The zero-order valence-corrected chi connectivity index (χ0v) is 22.1. The van der Waals surface area contributed by atoms with Crippen LogP contribution in [-0.4, -0.2) is 59.8 Å². The maximum atomic E-state index is 12.5. The Balaban J connectivity index is 0.000000211. The first-order valence-corrected chi connectivity index (χ1v) is 12.3. The minimum absolute atomic E-state index is 0.178. The van der Waals surface area contributed by atoms with Crippen LogP contribution in [0.1, 0.15) is 40.4 Å². The van der Waals surface area contributed by atoms with Crippen molar-refractivity contribution in [2.24, 2.45) is 11.7 Å². The second-order valence-corrected chi connectivity index (χ2v) is 7.94. The molecule has 0 aliphatic rings. The molecule has 12 nitrogen and oxygen atoms in total. The highest BCUT2D eigenvalue weighted by molar-refractivity contribution is 6.13. The standard InChI is InChI=1S/C16H17N3O2.C12H8N4O.H4N2/c1-3-19(4-2)16(21)14-12(8-7-11-18-14)15(20)13-9-5-6-10-17-13;17-12-11-8(4-3-7-14-11)10(15-16-12)9-5-1-2-6-13-9;1-2/h5-11H,3-4H2,1-2H3;1-7H,(H,16,17);1-2H2. The highest BCUT2D eigenvalue weighted by Gasteiger charge is 2.23. The summed E-state index contributed by atoms with van der Waals surface area (Å²) < 4.78 is 0. The number of hydrogen-bond acceptors (Lipinski definition) is 10. The van der Waals surface area contributed by atoms with Crippen molar-refractivity contribution in [3.8, 4) is 11.4 Å². The van der Waals surface area contributed by atoms with Gasteiger partial charge in [-0.1, -0.05) is 12.1 Å². The second kappa shape index (κ2) is 14.7. The Morgan fingerprint density at radius 2 is 1.45 bits per heavy atom. The molecule has 0 bridgehead atoms. The molecule has 5 rings (SSSR count). The number of nitrogens with one attached hydrogen (secondary N) is 1. The van der Waals surface area contributed by atoms with Gasteiger partial charge in [-0.25, -0.2) is 5.10 Å². The number of aromatic nitrogens is 6. The number of aromatic amines is 1. The quantitative estimate of drug-likeness (QED) is 0.164. The lowest BCUT2D eigenvalue weighted by Crippen LogP contribution is -2.32. The number of fused-ring (bicyclic) bond motifs is 1. The van der Waals surface area contributed by atoms with E-state index < -0.39 is 0 Å². The molecule has 1 amide bonds. The first kappa shape index (κ1) is 29.4. The van der Waals surface area contributed by atoms with Crippen molar-refractivity contribution in [2.45, 2.75) is 13.8 Å². The number of rotatable bonds is 6. The minimum atomic E-state index is -0.292. The molecule has 0 aliphatic heterocycles. The summed E-state index contributed by atoms with van der Waals surface area (Å²) in [6.07, 6.45) is 6.34. The van der Waals surface area contributed by atoms with E-state index >= 15 is 0 Å². The fourth-order valence-electron chi connectivity index (χ4n) is 3.75. The van der Waals surface area contributed by atoms with Crippen LogP contribution in [0.4, 0.5) is 0 Å². The highest BCUT2D eigenvalue weighted by Crippen LogP contribution is 2.20. The van der Waals surface area contributed by atoms with E-state index in [0.717, 1.165) is 0 Å². The van der Waals surface area contributed by atoms with Gasteiger partial charge in [0.2, 0.25) is 5.78 Å². The molecular formula is C28H29N9O3. The van der Waals surface area contributed by atoms with Gasteiger partial charge in [-0.3, -0.25) is 46.0 Å². The van der Waals surface area contributed by atoms with Gasteiger partial charge in [0.1, 0.15) is 22.6 Å². The molecule has 5 N–H and O–H groups in total. The molecule has 0 aliphatic carbocycles. The predicted molar refractivity (Wildman–Crippen MR) is 151 cm³/mol. The molecule has 5 aromatic rings. The largest absolute Gasteiger partial charge is 0.338 e. The van der Waals surface area contributed by atoms with E-state index in [1.165, 1.54) is 6.20 Å². The lowest BCUT2D eigenvalue weighted by molar-refractivity contribution is 0.0762. The molecule has 40 heavy (non-hydrogen) atoms. The number of nitrogens with two attached hydrogens (primary N) is 2. The van der Waals surface area contributed by atoms with Crippen molar-refractivity contribution >= 4 is 22.6 Å². The SMILES string of the molecule is CCN(CC)C(=O)c1ncccc1C(=O)c1ccccn1.NN.O=c1[nH]nc(-c2ccccn2)c2cccnc12. The fraction of sp³-hybridized carbons (Fsp3) is 0.143. The first-order chi connectivity index (χ1) is 19.5. The van der Waals surface area contributed by atoms with E-state index in [1.54, 1.807) is 59.9 Å². The molecule has 0 atom stereocenters. The number of carbonyl (C=O) groups excluding carboxylic acids is 2. The molecule has 0 aromatic carbocycles. The van der Waals surface area contributed by atoms with Gasteiger partial charge in [0, 0.05) is 43.3 Å². The van der Waals surface area contributed by atoms with Crippen LogP contribution in [0.2, 0.25) is 0 Å². The van der Waals surface area contributed by atoms with Gasteiger partial charge in [-0.05, 0) is 62.4 Å². The summed E-state index contributed by atoms with van der Waals surface area (Å²) in [6, 6.07) is 17.5. The summed E-state index contributed by atoms with van der Waals surface area (Å²) in [5, 5.41) is 7.17. The number of H-pyrrole nitrogens is 1. The van der Waals surface area contributed by atoms with E-state index in [4.69, 9.17) is 0 Å². The van der Waals surface area contributed by atoms with Crippen LogP contribution in [0.25, 0.3) is 22.3 Å². The Morgan fingerprint density at radius 1 is 0.800 bits per heavy atom. The molecule has 5 heterocycles. The number of pyridine rings is 4. The number of ketones is 1. The van der Waals surface area contributed by atoms with Gasteiger partial charge >= 0.3 is 0 Å². The van der Waals surface area contributed by atoms with E-state index in [2.05, 4.69) is 41.8 Å². The number of hydrazine groups is 1.